The Kier molecular flexibility index (Phi) is 5.50. The normalized spacial score (nSPS) is 22.6. The third-order valence-corrected chi connectivity index (χ3v) is 4.91. The minimum Gasteiger partial charge on any atom is -0.469 e. The molecular formula is C19H25NO5. The van der Waals surface area contributed by atoms with Crippen LogP contribution in [0.3, 0.4) is 0 Å². The Morgan fingerprint density at radius 1 is 1.44 bits per heavy atom. The Morgan fingerprint density at radius 3 is 2.72 bits per heavy atom. The molecule has 0 amide bonds. The number of hydrogen-bond donors (Lipinski definition) is 1. The fraction of sp³-hybridized carbons (Fsp3) is 0.526. The first kappa shape index (κ1) is 19.0. The second-order valence-corrected chi connectivity index (χ2v) is 6.82. The molecule has 0 aliphatic carbocycles. The Bertz CT molecular complexity index is 718. The number of cyclic esters (lactones) is 1. The van der Waals surface area contributed by atoms with Gasteiger partial charge in [0.15, 0.2) is 6.10 Å². The number of H-pyrrole nitrogens is 1. The summed E-state index contributed by atoms with van der Waals surface area (Å²) < 4.78 is 10.00. The summed E-state index contributed by atoms with van der Waals surface area (Å²) in [6.45, 7) is 9.15. The molecule has 1 aliphatic heterocycles. The summed E-state index contributed by atoms with van der Waals surface area (Å²) in [6.07, 6.45) is 2.44. The zero-order chi connectivity index (χ0) is 18.8. The number of ketones is 1. The number of rotatable bonds is 7. The summed E-state index contributed by atoms with van der Waals surface area (Å²) in [4.78, 5) is 39.4. The molecule has 1 aromatic heterocycles. The van der Waals surface area contributed by atoms with Gasteiger partial charge in [0.05, 0.1) is 18.2 Å². The monoisotopic (exact) mass is 347 g/mol. The molecule has 6 nitrogen and oxygen atoms in total. The van der Waals surface area contributed by atoms with E-state index in [1.165, 1.54) is 7.11 Å². The molecule has 25 heavy (non-hydrogen) atoms. The maximum atomic E-state index is 12.8. The van der Waals surface area contributed by atoms with Crippen molar-refractivity contribution in [3.63, 3.8) is 0 Å². The van der Waals surface area contributed by atoms with Crippen molar-refractivity contribution >= 4 is 17.7 Å². The van der Waals surface area contributed by atoms with Crippen molar-refractivity contribution < 1.29 is 23.9 Å². The number of methoxy groups -OCH3 is 1. The summed E-state index contributed by atoms with van der Waals surface area (Å²) >= 11 is 0. The van der Waals surface area contributed by atoms with Gasteiger partial charge in [-0.15, -0.1) is 6.58 Å². The average molecular weight is 347 g/mol. The average Bonchev–Trinajstić information content (AvgIpc) is 3.02. The highest BCUT2D eigenvalue weighted by Gasteiger charge is 2.47. The van der Waals surface area contributed by atoms with Crippen LogP contribution in [0, 0.1) is 19.3 Å². The molecule has 0 radical (unpaired) electrons. The third kappa shape index (κ3) is 3.67. The predicted octanol–water partition coefficient (Wildman–Crippen LogP) is 2.82. The van der Waals surface area contributed by atoms with Crippen LogP contribution in [0.5, 0.6) is 0 Å². The van der Waals surface area contributed by atoms with Crippen molar-refractivity contribution in [3.8, 4) is 0 Å². The lowest BCUT2D eigenvalue weighted by atomic mass is 9.83. The number of carbonyl (C=O) groups excluding carboxylic acids is 3. The van der Waals surface area contributed by atoms with Crippen LogP contribution in [0.1, 0.15) is 53.5 Å². The van der Waals surface area contributed by atoms with Crippen molar-refractivity contribution in [2.75, 3.05) is 7.11 Å². The van der Waals surface area contributed by atoms with E-state index in [-0.39, 0.29) is 24.1 Å². The van der Waals surface area contributed by atoms with E-state index in [0.717, 1.165) is 16.8 Å². The smallest absolute Gasteiger partial charge is 0.312 e. The van der Waals surface area contributed by atoms with Gasteiger partial charge in [-0.05, 0) is 44.7 Å². The number of aryl methyl sites for hydroxylation is 1. The number of esters is 2. The van der Waals surface area contributed by atoms with Gasteiger partial charge in [0, 0.05) is 18.5 Å². The van der Waals surface area contributed by atoms with Gasteiger partial charge < -0.3 is 14.5 Å². The standard InChI is InChI=1S/C19H25NO5/c1-6-9-19(4)10-14(25-18(19)23)17(22)16-11(2)13(12(3)20-16)7-8-15(21)24-5/h6,14,20H,1,7-10H2,2-5H3/t14-,19-/m0/s1. The van der Waals surface area contributed by atoms with Gasteiger partial charge in [0.25, 0.3) is 0 Å². The number of allylic oxidation sites excluding steroid dienone is 1. The number of hydrogen-bond acceptors (Lipinski definition) is 5. The highest BCUT2D eigenvalue weighted by Crippen LogP contribution is 2.38. The molecule has 1 N–H and O–H groups in total. The molecule has 2 rings (SSSR count). The van der Waals surface area contributed by atoms with Gasteiger partial charge in [0.1, 0.15) is 0 Å². The van der Waals surface area contributed by atoms with Crippen molar-refractivity contribution in [1.29, 1.82) is 0 Å². The second-order valence-electron chi connectivity index (χ2n) is 6.82. The predicted molar refractivity (Wildman–Crippen MR) is 92.4 cm³/mol. The minimum absolute atomic E-state index is 0.231. The molecular weight excluding hydrogens is 322 g/mol. The molecule has 0 aromatic carbocycles. The third-order valence-electron chi connectivity index (χ3n) is 4.91. The van der Waals surface area contributed by atoms with E-state index in [9.17, 15) is 14.4 Å². The highest BCUT2D eigenvalue weighted by molar-refractivity contribution is 6.02. The molecule has 1 aromatic rings. The van der Waals surface area contributed by atoms with Gasteiger partial charge in [-0.1, -0.05) is 6.08 Å². The molecule has 1 aliphatic rings. The topological polar surface area (TPSA) is 85.5 Å². The lowest BCUT2D eigenvalue weighted by Crippen LogP contribution is -2.22. The van der Waals surface area contributed by atoms with E-state index in [1.54, 1.807) is 13.0 Å². The molecule has 0 spiro atoms. The van der Waals surface area contributed by atoms with Crippen LogP contribution in [0.4, 0.5) is 0 Å². The number of carbonyl (C=O) groups is 3. The van der Waals surface area contributed by atoms with E-state index in [2.05, 4.69) is 16.3 Å². The molecule has 0 bridgehead atoms. The molecule has 136 valence electrons. The van der Waals surface area contributed by atoms with Gasteiger partial charge in [-0.25, -0.2) is 0 Å². The van der Waals surface area contributed by atoms with Crippen LogP contribution in [0.2, 0.25) is 0 Å². The van der Waals surface area contributed by atoms with Crippen LogP contribution < -0.4 is 0 Å². The fourth-order valence-corrected chi connectivity index (χ4v) is 3.34. The molecule has 0 unspecified atom stereocenters. The van der Waals surface area contributed by atoms with E-state index in [4.69, 9.17) is 4.74 Å². The van der Waals surface area contributed by atoms with Crippen LogP contribution in [0.25, 0.3) is 0 Å². The van der Waals surface area contributed by atoms with Crippen molar-refractivity contribution in [2.24, 2.45) is 5.41 Å². The maximum absolute atomic E-state index is 12.8. The fourth-order valence-electron chi connectivity index (χ4n) is 3.34. The summed E-state index contributed by atoms with van der Waals surface area (Å²) in [5, 5.41) is 0. The van der Waals surface area contributed by atoms with Crippen molar-refractivity contribution in [2.45, 2.75) is 52.6 Å². The second kappa shape index (κ2) is 7.25. The van der Waals surface area contributed by atoms with Crippen LogP contribution in [-0.4, -0.2) is 35.9 Å². The molecule has 2 heterocycles. The SMILES string of the molecule is C=CC[C@@]1(C)C[C@@H](C(=O)c2[nH]c(C)c(CCC(=O)OC)c2C)OC1=O. The van der Waals surface area contributed by atoms with Crippen molar-refractivity contribution in [1.82, 2.24) is 4.98 Å². The first-order valence-corrected chi connectivity index (χ1v) is 8.34. The van der Waals surface area contributed by atoms with Crippen LogP contribution >= 0.6 is 0 Å². The lowest BCUT2D eigenvalue weighted by molar-refractivity contribution is -0.147. The summed E-state index contributed by atoms with van der Waals surface area (Å²) in [7, 11) is 1.35. The number of aromatic amines is 1. The number of Topliss-reactive ketones (excluding diaryl/α,β-unsaturated/α-hetero) is 1. The van der Waals surface area contributed by atoms with Gasteiger partial charge in [-0.3, -0.25) is 14.4 Å². The van der Waals surface area contributed by atoms with Gasteiger partial charge in [0.2, 0.25) is 5.78 Å². The summed E-state index contributed by atoms with van der Waals surface area (Å²) in [6, 6.07) is 0. The number of aromatic nitrogens is 1. The maximum Gasteiger partial charge on any atom is 0.312 e. The van der Waals surface area contributed by atoms with Gasteiger partial charge >= 0.3 is 11.9 Å². The Balaban J connectivity index is 2.19. The van der Waals surface area contributed by atoms with Crippen molar-refractivity contribution in [3.05, 3.63) is 35.2 Å². The van der Waals surface area contributed by atoms with E-state index in [0.29, 0.717) is 25.0 Å². The minimum atomic E-state index is -0.789. The molecule has 0 saturated carbocycles. The quantitative estimate of drug-likeness (QED) is 0.466. The molecule has 1 saturated heterocycles. The lowest BCUT2D eigenvalue weighted by Gasteiger charge is -2.15. The Morgan fingerprint density at radius 2 is 2.12 bits per heavy atom. The van der Waals surface area contributed by atoms with Crippen LogP contribution in [-0.2, 0) is 25.5 Å². The Labute approximate surface area is 147 Å². The van der Waals surface area contributed by atoms with E-state index < -0.39 is 11.5 Å². The van der Waals surface area contributed by atoms with Gasteiger partial charge in [-0.2, -0.15) is 0 Å². The largest absolute Gasteiger partial charge is 0.469 e. The first-order chi connectivity index (χ1) is 11.7. The molecule has 6 heteroatoms. The number of nitrogens with one attached hydrogen (secondary N) is 1. The zero-order valence-corrected chi connectivity index (χ0v) is 15.2. The molecule has 1 fully saturated rings. The van der Waals surface area contributed by atoms with E-state index >= 15 is 0 Å². The zero-order valence-electron chi connectivity index (χ0n) is 15.2. The number of ether oxygens (including phenoxy) is 2. The summed E-state index contributed by atoms with van der Waals surface area (Å²) in [5.74, 6) is -0.888. The summed E-state index contributed by atoms with van der Waals surface area (Å²) in [5.41, 5.74) is 2.29. The van der Waals surface area contributed by atoms with Crippen LogP contribution in [0.15, 0.2) is 12.7 Å². The highest BCUT2D eigenvalue weighted by atomic mass is 16.6. The Hall–Kier alpha value is -2.37. The molecule has 2 atom stereocenters. The van der Waals surface area contributed by atoms with E-state index in [1.807, 2.05) is 13.8 Å². The first-order valence-electron chi connectivity index (χ1n) is 8.34.